The van der Waals surface area contributed by atoms with E-state index in [1.807, 2.05) is 32.1 Å². The Morgan fingerprint density at radius 3 is 2.52 bits per heavy atom. The average molecular weight is 455 g/mol. The number of benzene rings is 1. The molecule has 0 saturated carbocycles. The second kappa shape index (κ2) is 13.6. The van der Waals surface area contributed by atoms with Crippen molar-refractivity contribution < 1.29 is 18.6 Å². The molecule has 2 rings (SSSR count). The summed E-state index contributed by atoms with van der Waals surface area (Å²) in [5.41, 5.74) is 2.31. The minimum Gasteiger partial charge on any atom is -0.488 e. The Morgan fingerprint density at radius 2 is 1.82 bits per heavy atom. The molecule has 0 atom stereocenters. The second-order valence-corrected chi connectivity index (χ2v) is 8.55. The fourth-order valence-corrected chi connectivity index (χ4v) is 3.24. The van der Waals surface area contributed by atoms with Crippen LogP contribution in [-0.2, 0) is 0 Å². The molecule has 33 heavy (non-hydrogen) atoms. The minimum absolute atomic E-state index is 0.0557. The molecule has 0 aliphatic carbocycles. The van der Waals surface area contributed by atoms with Gasteiger partial charge in [0.25, 0.3) is 0 Å². The van der Waals surface area contributed by atoms with E-state index in [0.29, 0.717) is 29.1 Å². The number of hydrogen-bond donors (Lipinski definition) is 0. The number of rotatable bonds is 13. The zero-order chi connectivity index (χ0) is 24.2. The van der Waals surface area contributed by atoms with Gasteiger partial charge in [-0.25, -0.2) is 4.79 Å². The highest BCUT2D eigenvalue weighted by Gasteiger charge is 2.20. The third-order valence-electron chi connectivity index (χ3n) is 4.86. The van der Waals surface area contributed by atoms with E-state index < -0.39 is 5.63 Å². The van der Waals surface area contributed by atoms with Crippen molar-refractivity contribution in [3.05, 3.63) is 64.1 Å². The molecule has 1 aromatic heterocycles. The second-order valence-electron chi connectivity index (χ2n) is 8.55. The molecular formula is C28H38O5. The van der Waals surface area contributed by atoms with Gasteiger partial charge in [0.2, 0.25) is 5.75 Å². The summed E-state index contributed by atoms with van der Waals surface area (Å²) in [7, 11) is 0. The largest absolute Gasteiger partial charge is 0.488 e. The first-order chi connectivity index (χ1) is 15.8. The quantitative estimate of drug-likeness (QED) is 0.179. The highest BCUT2D eigenvalue weighted by Crippen LogP contribution is 2.37. The molecule has 0 radical (unpaired) electrons. The van der Waals surface area contributed by atoms with Gasteiger partial charge in [-0.1, -0.05) is 42.4 Å². The third-order valence-corrected chi connectivity index (χ3v) is 4.86. The lowest BCUT2D eigenvalue weighted by molar-refractivity contribution is 0.240. The van der Waals surface area contributed by atoms with Crippen LogP contribution in [0.5, 0.6) is 17.2 Å². The zero-order valence-electron chi connectivity index (χ0n) is 20.9. The predicted octanol–water partition coefficient (Wildman–Crippen LogP) is 7.39. The van der Waals surface area contributed by atoms with E-state index in [-0.39, 0.29) is 18.5 Å². The molecule has 0 amide bonds. The summed E-state index contributed by atoms with van der Waals surface area (Å²) in [6.07, 6.45) is 12.0. The van der Waals surface area contributed by atoms with E-state index in [1.165, 1.54) is 11.1 Å². The molecule has 0 unspecified atom stereocenters. The molecule has 5 nitrogen and oxygen atoms in total. The normalized spacial score (nSPS) is 11.9. The van der Waals surface area contributed by atoms with Crippen LogP contribution in [0.25, 0.3) is 11.0 Å². The maximum atomic E-state index is 12.9. The molecule has 0 aliphatic rings. The zero-order valence-corrected chi connectivity index (χ0v) is 20.9. The summed E-state index contributed by atoms with van der Waals surface area (Å²) in [5, 5.41) is 0.659. The SMILES string of the molecule is CCC=CCCOc1c(OCC=C(C)CCC=C(C)C)c(=O)oc2c(OC(C)C)cccc12. The maximum Gasteiger partial charge on any atom is 0.383 e. The minimum atomic E-state index is -0.572. The van der Waals surface area contributed by atoms with Crippen LogP contribution in [0.1, 0.15) is 67.2 Å². The van der Waals surface area contributed by atoms with Gasteiger partial charge >= 0.3 is 5.63 Å². The molecule has 1 heterocycles. The van der Waals surface area contributed by atoms with Gasteiger partial charge < -0.3 is 18.6 Å². The summed E-state index contributed by atoms with van der Waals surface area (Å²) < 4.78 is 23.4. The van der Waals surface area contributed by atoms with E-state index >= 15 is 0 Å². The van der Waals surface area contributed by atoms with Crippen molar-refractivity contribution in [3.63, 3.8) is 0 Å². The first-order valence-corrected chi connectivity index (χ1v) is 11.8. The van der Waals surface area contributed by atoms with Gasteiger partial charge in [0.15, 0.2) is 17.1 Å². The third kappa shape index (κ3) is 8.49. The Morgan fingerprint density at radius 1 is 1.03 bits per heavy atom. The van der Waals surface area contributed by atoms with Crippen molar-refractivity contribution in [3.8, 4) is 17.2 Å². The lowest BCUT2D eigenvalue weighted by atomic mass is 10.1. The van der Waals surface area contributed by atoms with Crippen LogP contribution in [0, 0.1) is 0 Å². The van der Waals surface area contributed by atoms with Crippen LogP contribution >= 0.6 is 0 Å². The first-order valence-electron chi connectivity index (χ1n) is 11.8. The molecule has 1 aromatic carbocycles. The molecule has 0 saturated heterocycles. The molecule has 0 fully saturated rings. The molecule has 0 bridgehead atoms. The van der Waals surface area contributed by atoms with Crippen molar-refractivity contribution in [2.24, 2.45) is 0 Å². The average Bonchev–Trinajstić information content (AvgIpc) is 2.75. The number of hydrogen-bond acceptors (Lipinski definition) is 5. The van der Waals surface area contributed by atoms with Gasteiger partial charge in [-0.2, -0.15) is 0 Å². The van der Waals surface area contributed by atoms with Crippen LogP contribution in [0.3, 0.4) is 0 Å². The van der Waals surface area contributed by atoms with Crippen molar-refractivity contribution in [2.75, 3.05) is 13.2 Å². The topological polar surface area (TPSA) is 57.9 Å². The molecule has 0 spiro atoms. The maximum absolute atomic E-state index is 12.9. The highest BCUT2D eigenvalue weighted by molar-refractivity contribution is 5.89. The van der Waals surface area contributed by atoms with Crippen LogP contribution in [0.4, 0.5) is 0 Å². The smallest absolute Gasteiger partial charge is 0.383 e. The van der Waals surface area contributed by atoms with Crippen LogP contribution in [0.15, 0.2) is 62.9 Å². The summed E-state index contributed by atoms with van der Waals surface area (Å²) in [6.45, 7) is 12.9. The summed E-state index contributed by atoms with van der Waals surface area (Å²) >= 11 is 0. The van der Waals surface area contributed by atoms with E-state index in [1.54, 1.807) is 6.07 Å². The van der Waals surface area contributed by atoms with Crippen molar-refractivity contribution in [1.29, 1.82) is 0 Å². The van der Waals surface area contributed by atoms with Crippen molar-refractivity contribution in [2.45, 2.75) is 73.3 Å². The number of fused-ring (bicyclic) bond motifs is 1. The van der Waals surface area contributed by atoms with E-state index in [4.69, 9.17) is 18.6 Å². The monoisotopic (exact) mass is 454 g/mol. The molecule has 2 aromatic rings. The van der Waals surface area contributed by atoms with Gasteiger partial charge in [-0.3, -0.25) is 0 Å². The van der Waals surface area contributed by atoms with Crippen molar-refractivity contribution >= 4 is 11.0 Å². The fourth-order valence-electron chi connectivity index (χ4n) is 3.24. The number of ether oxygens (including phenoxy) is 3. The lowest BCUT2D eigenvalue weighted by Crippen LogP contribution is -2.12. The Hall–Kier alpha value is -2.95. The van der Waals surface area contributed by atoms with Crippen LogP contribution in [-0.4, -0.2) is 19.3 Å². The molecule has 0 N–H and O–H groups in total. The highest BCUT2D eigenvalue weighted by atomic mass is 16.5. The molecule has 180 valence electrons. The van der Waals surface area contributed by atoms with E-state index in [9.17, 15) is 4.79 Å². The Balaban J connectivity index is 2.33. The van der Waals surface area contributed by atoms with Gasteiger partial charge in [0.1, 0.15) is 6.61 Å². The van der Waals surface area contributed by atoms with Gasteiger partial charge in [-0.05, 0) is 78.5 Å². The van der Waals surface area contributed by atoms with Gasteiger partial charge in [0.05, 0.1) is 18.1 Å². The van der Waals surface area contributed by atoms with Crippen molar-refractivity contribution in [1.82, 2.24) is 0 Å². The number of para-hydroxylation sites is 1. The summed E-state index contributed by atoms with van der Waals surface area (Å²) in [6, 6.07) is 5.51. The first kappa shape index (κ1) is 26.3. The summed E-state index contributed by atoms with van der Waals surface area (Å²) in [5.74, 6) is 1.00. The van der Waals surface area contributed by atoms with Gasteiger partial charge in [0, 0.05) is 0 Å². The van der Waals surface area contributed by atoms with E-state index in [0.717, 1.165) is 25.7 Å². The fraction of sp³-hybridized carbons (Fsp3) is 0.464. The lowest BCUT2D eigenvalue weighted by Gasteiger charge is -2.15. The van der Waals surface area contributed by atoms with Crippen LogP contribution in [0.2, 0.25) is 0 Å². The molecular weight excluding hydrogens is 416 g/mol. The Kier molecular flexibility index (Phi) is 10.8. The van der Waals surface area contributed by atoms with E-state index in [2.05, 4.69) is 45.9 Å². The Labute approximate surface area is 197 Å². The number of allylic oxidation sites excluding steroid dienone is 4. The summed E-state index contributed by atoms with van der Waals surface area (Å²) in [4.78, 5) is 12.9. The standard InChI is InChI=1S/C28H38O5/c1-7-8-9-10-18-30-26-23-15-12-16-24(32-21(4)5)25(23)33-28(29)27(26)31-19-17-22(6)14-11-13-20(2)3/h8-9,12-13,15-17,21H,7,10-11,14,18-19H2,1-6H3. The van der Waals surface area contributed by atoms with Crippen LogP contribution < -0.4 is 19.8 Å². The predicted molar refractivity (Wildman–Crippen MR) is 136 cm³/mol. The Bertz CT molecular complexity index is 1040. The molecule has 0 aliphatic heterocycles. The molecule has 5 heteroatoms. The van der Waals surface area contributed by atoms with Gasteiger partial charge in [-0.15, -0.1) is 0 Å².